The van der Waals surface area contributed by atoms with Crippen LogP contribution in [0.3, 0.4) is 0 Å². The molecule has 2 aromatic carbocycles. The van der Waals surface area contributed by atoms with Gasteiger partial charge in [0.2, 0.25) is 12.7 Å². The third-order valence-corrected chi connectivity index (χ3v) is 8.95. The van der Waals surface area contributed by atoms with Gasteiger partial charge in [-0.1, -0.05) is 18.2 Å². The second kappa shape index (κ2) is 10.5. The van der Waals surface area contributed by atoms with Gasteiger partial charge in [0.05, 0.1) is 29.9 Å². The van der Waals surface area contributed by atoms with Gasteiger partial charge >= 0.3 is 7.60 Å². The van der Waals surface area contributed by atoms with Crippen LogP contribution in [0.25, 0.3) is 0 Å². The lowest BCUT2D eigenvalue weighted by Crippen LogP contribution is -2.28. The number of ketones is 1. The lowest BCUT2D eigenvalue weighted by atomic mass is 9.97. The van der Waals surface area contributed by atoms with Crippen molar-refractivity contribution in [1.82, 2.24) is 0 Å². The largest absolute Gasteiger partial charge is 0.454 e. The third-order valence-electron chi connectivity index (χ3n) is 5.59. The van der Waals surface area contributed by atoms with Crippen molar-refractivity contribution in [1.29, 1.82) is 0 Å². The maximum atomic E-state index is 13.4. The van der Waals surface area contributed by atoms with Gasteiger partial charge in [-0.3, -0.25) is 14.2 Å². The monoisotopic (exact) mass is 505 g/mol. The fourth-order valence-electron chi connectivity index (χ4n) is 4.04. The highest BCUT2D eigenvalue weighted by molar-refractivity contribution is 8.02. The Morgan fingerprint density at radius 3 is 2.53 bits per heavy atom. The number of hydrogen-bond donors (Lipinski definition) is 1. The summed E-state index contributed by atoms with van der Waals surface area (Å²) >= 11 is 1.32. The SMILES string of the molecule is CCOP(=O)(Cc1ccccc1NC(=O)[C@H]1Cc2cc3c(cc2C(=O)[C@H](C)S1)OCO3)OCC. The molecule has 2 aliphatic rings. The molecule has 0 aromatic heterocycles. The number of benzene rings is 2. The highest BCUT2D eigenvalue weighted by Crippen LogP contribution is 2.52. The predicted octanol–water partition coefficient (Wildman–Crippen LogP) is 5.05. The molecule has 4 rings (SSSR count). The zero-order valence-corrected chi connectivity index (χ0v) is 21.1. The van der Waals surface area contributed by atoms with E-state index < -0.39 is 18.1 Å². The Bertz CT molecular complexity index is 1130. The number of hydrogen-bond acceptors (Lipinski definition) is 8. The zero-order valence-electron chi connectivity index (χ0n) is 19.4. The molecule has 0 radical (unpaired) electrons. The summed E-state index contributed by atoms with van der Waals surface area (Å²) in [6.45, 7) is 5.96. The summed E-state index contributed by atoms with van der Waals surface area (Å²) in [6, 6.07) is 10.7. The number of rotatable bonds is 8. The molecule has 1 amide bonds. The van der Waals surface area contributed by atoms with E-state index in [1.54, 1.807) is 51.1 Å². The minimum atomic E-state index is -3.35. The van der Waals surface area contributed by atoms with Gasteiger partial charge in [-0.25, -0.2) is 0 Å². The lowest BCUT2D eigenvalue weighted by Gasteiger charge is -2.20. The van der Waals surface area contributed by atoms with Crippen LogP contribution in [0.1, 0.15) is 42.3 Å². The lowest BCUT2D eigenvalue weighted by molar-refractivity contribution is -0.115. The first-order valence-corrected chi connectivity index (χ1v) is 13.9. The Balaban J connectivity index is 1.56. The number of fused-ring (bicyclic) bond motifs is 2. The molecule has 34 heavy (non-hydrogen) atoms. The van der Waals surface area contributed by atoms with Gasteiger partial charge in [0, 0.05) is 11.3 Å². The normalized spacial score (nSPS) is 19.4. The predicted molar refractivity (Wildman–Crippen MR) is 131 cm³/mol. The summed E-state index contributed by atoms with van der Waals surface area (Å²) in [5.74, 6) is 0.862. The number of Topliss-reactive ketones (excluding diaryl/α,β-unsaturated/α-hetero) is 1. The van der Waals surface area contributed by atoms with Crippen LogP contribution in [0, 0.1) is 0 Å². The molecule has 1 N–H and O–H groups in total. The Labute approximate surface area is 203 Å². The van der Waals surface area contributed by atoms with Gasteiger partial charge in [0.25, 0.3) is 0 Å². The Morgan fingerprint density at radius 1 is 1.15 bits per heavy atom. The zero-order chi connectivity index (χ0) is 24.3. The van der Waals surface area contributed by atoms with E-state index in [0.717, 1.165) is 5.56 Å². The maximum absolute atomic E-state index is 13.4. The first kappa shape index (κ1) is 24.8. The smallest absolute Gasteiger partial charge is 0.335 e. The summed E-state index contributed by atoms with van der Waals surface area (Å²) in [4.78, 5) is 26.3. The molecule has 2 aliphatic heterocycles. The van der Waals surface area contributed by atoms with Crippen LogP contribution in [-0.2, 0) is 31.0 Å². The van der Waals surface area contributed by atoms with Gasteiger partial charge in [-0.2, -0.15) is 0 Å². The number of ether oxygens (including phenoxy) is 2. The number of carbonyl (C=O) groups excluding carboxylic acids is 2. The van der Waals surface area contributed by atoms with E-state index in [0.29, 0.717) is 34.7 Å². The van der Waals surface area contributed by atoms with Crippen molar-refractivity contribution in [3.8, 4) is 11.5 Å². The van der Waals surface area contributed by atoms with Crippen molar-refractivity contribution in [3.05, 3.63) is 53.1 Å². The fraction of sp³-hybridized carbons (Fsp3) is 0.417. The van der Waals surface area contributed by atoms with Gasteiger partial charge in [0.15, 0.2) is 17.3 Å². The third kappa shape index (κ3) is 5.33. The molecule has 0 aliphatic carbocycles. The van der Waals surface area contributed by atoms with Crippen molar-refractivity contribution in [2.75, 3.05) is 25.3 Å². The highest BCUT2D eigenvalue weighted by atomic mass is 32.2. The number of carbonyl (C=O) groups is 2. The fourth-order valence-corrected chi connectivity index (χ4v) is 6.97. The van der Waals surface area contributed by atoms with Crippen LogP contribution in [0.15, 0.2) is 36.4 Å². The van der Waals surface area contributed by atoms with E-state index in [1.165, 1.54) is 11.8 Å². The van der Waals surface area contributed by atoms with Gasteiger partial charge < -0.3 is 23.8 Å². The Kier molecular flexibility index (Phi) is 7.67. The second-order valence-corrected chi connectivity index (χ2v) is 11.6. The van der Waals surface area contributed by atoms with E-state index in [-0.39, 0.29) is 37.9 Å². The number of para-hydroxylation sites is 1. The number of anilines is 1. The first-order valence-electron chi connectivity index (χ1n) is 11.2. The van der Waals surface area contributed by atoms with Crippen molar-refractivity contribution in [2.45, 2.75) is 43.9 Å². The quantitative estimate of drug-likeness (QED) is 0.498. The molecule has 0 unspecified atom stereocenters. The molecule has 0 bridgehead atoms. The molecule has 10 heteroatoms. The molecule has 0 saturated heterocycles. The standard InChI is InChI=1S/C24H28NO7PS/c1-4-31-33(28,32-5-2)13-16-8-6-7-9-19(16)25-24(27)22-11-17-10-20-21(30-14-29-20)12-18(17)23(26)15(3)34-22/h6-10,12,15,22H,4-5,11,13-14H2,1-3H3,(H,25,27)/t15-,22+/m0/s1. The first-order chi connectivity index (χ1) is 16.3. The molecule has 8 nitrogen and oxygen atoms in total. The molecule has 2 atom stereocenters. The molecular weight excluding hydrogens is 477 g/mol. The molecule has 0 spiro atoms. The molecule has 182 valence electrons. The molecule has 0 saturated carbocycles. The van der Waals surface area contributed by atoms with Crippen LogP contribution >= 0.6 is 19.4 Å². The summed E-state index contributed by atoms with van der Waals surface area (Å²) < 4.78 is 34.8. The molecule has 2 aromatic rings. The van der Waals surface area contributed by atoms with Crippen LogP contribution < -0.4 is 14.8 Å². The Hall–Kier alpha value is -2.32. The Morgan fingerprint density at radius 2 is 1.82 bits per heavy atom. The number of thioether (sulfide) groups is 1. The summed E-state index contributed by atoms with van der Waals surface area (Å²) in [5, 5.41) is 2.07. The molecule has 2 heterocycles. The van der Waals surface area contributed by atoms with Crippen molar-refractivity contribution in [3.63, 3.8) is 0 Å². The number of amides is 1. The summed E-state index contributed by atoms with van der Waals surface area (Å²) in [5.41, 5.74) is 2.53. The number of nitrogens with one attached hydrogen (secondary N) is 1. The molecular formula is C24H28NO7PS. The topological polar surface area (TPSA) is 100 Å². The van der Waals surface area contributed by atoms with E-state index in [2.05, 4.69) is 5.32 Å². The minimum absolute atomic E-state index is 0.0385. The van der Waals surface area contributed by atoms with Gasteiger partial charge in [-0.15, -0.1) is 11.8 Å². The van der Waals surface area contributed by atoms with Crippen LogP contribution in [0.2, 0.25) is 0 Å². The van der Waals surface area contributed by atoms with E-state index in [9.17, 15) is 14.2 Å². The summed E-state index contributed by atoms with van der Waals surface area (Å²) in [7, 11) is -3.35. The molecule has 0 fully saturated rings. The maximum Gasteiger partial charge on any atom is 0.335 e. The van der Waals surface area contributed by atoms with Crippen LogP contribution in [-0.4, -0.2) is 42.2 Å². The average molecular weight is 506 g/mol. The van der Waals surface area contributed by atoms with Crippen molar-refractivity contribution < 1.29 is 32.7 Å². The van der Waals surface area contributed by atoms with Crippen molar-refractivity contribution in [2.24, 2.45) is 0 Å². The highest BCUT2D eigenvalue weighted by Gasteiger charge is 2.34. The minimum Gasteiger partial charge on any atom is -0.454 e. The van der Waals surface area contributed by atoms with Crippen molar-refractivity contribution >= 4 is 36.7 Å². The second-order valence-electron chi connectivity index (χ2n) is 7.95. The summed E-state index contributed by atoms with van der Waals surface area (Å²) in [6.07, 6.45) is 0.418. The van der Waals surface area contributed by atoms with Crippen LogP contribution in [0.5, 0.6) is 11.5 Å². The van der Waals surface area contributed by atoms with Gasteiger partial charge in [-0.05, 0) is 56.5 Å². The van der Waals surface area contributed by atoms with Crippen LogP contribution in [0.4, 0.5) is 5.69 Å². The van der Waals surface area contributed by atoms with E-state index in [4.69, 9.17) is 18.5 Å². The van der Waals surface area contributed by atoms with Gasteiger partial charge in [0.1, 0.15) is 0 Å². The van der Waals surface area contributed by atoms with E-state index in [1.807, 2.05) is 6.07 Å². The van der Waals surface area contributed by atoms with E-state index >= 15 is 0 Å². The average Bonchev–Trinajstić information content (AvgIpc) is 3.21.